The van der Waals surface area contributed by atoms with Gasteiger partial charge < -0.3 is 24.9 Å². The van der Waals surface area contributed by atoms with E-state index in [-0.39, 0.29) is 12.6 Å². The van der Waals surface area contributed by atoms with Crippen molar-refractivity contribution in [2.24, 2.45) is 11.8 Å². The lowest BCUT2D eigenvalue weighted by Gasteiger charge is -2.21. The van der Waals surface area contributed by atoms with E-state index in [0.29, 0.717) is 49.3 Å². The van der Waals surface area contributed by atoms with Crippen LogP contribution in [0.2, 0.25) is 0 Å². The molecule has 1 aromatic carbocycles. The molecule has 3 atom stereocenters. The normalized spacial score (nSPS) is 21.0. The van der Waals surface area contributed by atoms with Gasteiger partial charge in [0.25, 0.3) is 0 Å². The van der Waals surface area contributed by atoms with Crippen LogP contribution in [-0.2, 0) is 4.74 Å². The van der Waals surface area contributed by atoms with Crippen molar-refractivity contribution in [2.75, 3.05) is 37.0 Å². The Hall–Kier alpha value is -2.71. The summed E-state index contributed by atoms with van der Waals surface area (Å²) < 4.78 is 11.5. The number of anilines is 2. The SMILES string of the molecule is CCOCCNc1nc(C)c(-c2nc3ccccc3o2)c(N[C@@H]2C[C@H](CO)C[C@H]2C)n1. The maximum atomic E-state index is 9.61. The Morgan fingerprint density at radius 3 is 2.77 bits per heavy atom. The second-order valence-electron chi connectivity index (χ2n) is 8.21. The number of hydrogen-bond donors (Lipinski definition) is 3. The highest BCUT2D eigenvalue weighted by Gasteiger charge is 2.32. The molecule has 3 aromatic rings. The second kappa shape index (κ2) is 9.62. The van der Waals surface area contributed by atoms with Crippen LogP contribution < -0.4 is 10.6 Å². The third kappa shape index (κ3) is 4.80. The fourth-order valence-corrected chi connectivity index (χ4v) is 4.27. The zero-order chi connectivity index (χ0) is 21.8. The largest absolute Gasteiger partial charge is 0.436 e. The summed E-state index contributed by atoms with van der Waals surface area (Å²) in [5.74, 6) is 2.49. The van der Waals surface area contributed by atoms with Crippen LogP contribution in [0.1, 0.15) is 32.4 Å². The van der Waals surface area contributed by atoms with Crippen molar-refractivity contribution in [3.05, 3.63) is 30.0 Å². The van der Waals surface area contributed by atoms with Crippen LogP contribution in [0.25, 0.3) is 22.6 Å². The Kier molecular flexibility index (Phi) is 6.67. The first kappa shape index (κ1) is 21.5. The molecule has 0 radical (unpaired) electrons. The van der Waals surface area contributed by atoms with Gasteiger partial charge in [0.05, 0.1) is 12.3 Å². The summed E-state index contributed by atoms with van der Waals surface area (Å²) in [6.07, 6.45) is 1.90. The van der Waals surface area contributed by atoms with Gasteiger partial charge in [-0.2, -0.15) is 4.98 Å². The molecule has 0 bridgehead atoms. The number of oxazole rings is 1. The number of nitrogens with one attached hydrogen (secondary N) is 2. The van der Waals surface area contributed by atoms with Crippen molar-refractivity contribution in [2.45, 2.75) is 39.7 Å². The predicted molar refractivity (Wildman–Crippen MR) is 121 cm³/mol. The van der Waals surface area contributed by atoms with Gasteiger partial charge in [0.15, 0.2) is 5.58 Å². The van der Waals surface area contributed by atoms with E-state index in [0.717, 1.165) is 35.2 Å². The first-order valence-electron chi connectivity index (χ1n) is 11.0. The minimum absolute atomic E-state index is 0.214. The van der Waals surface area contributed by atoms with E-state index in [9.17, 15) is 5.11 Å². The van der Waals surface area contributed by atoms with Crippen LogP contribution in [0.4, 0.5) is 11.8 Å². The van der Waals surface area contributed by atoms with Gasteiger partial charge >= 0.3 is 0 Å². The Morgan fingerprint density at radius 2 is 2.03 bits per heavy atom. The van der Waals surface area contributed by atoms with Gasteiger partial charge in [-0.1, -0.05) is 19.1 Å². The summed E-state index contributed by atoms with van der Waals surface area (Å²) in [4.78, 5) is 14.1. The molecule has 2 aromatic heterocycles. The molecule has 0 amide bonds. The third-order valence-corrected chi connectivity index (χ3v) is 5.89. The summed E-state index contributed by atoms with van der Waals surface area (Å²) in [6.45, 7) is 8.24. The summed E-state index contributed by atoms with van der Waals surface area (Å²) in [6, 6.07) is 7.92. The van der Waals surface area contributed by atoms with Crippen LogP contribution in [-0.4, -0.2) is 52.5 Å². The van der Waals surface area contributed by atoms with Gasteiger partial charge in [-0.05, 0) is 50.7 Å². The molecule has 0 unspecified atom stereocenters. The number of aliphatic hydroxyl groups is 1. The van der Waals surface area contributed by atoms with E-state index in [2.05, 4.69) is 27.5 Å². The van der Waals surface area contributed by atoms with Gasteiger partial charge in [-0.3, -0.25) is 0 Å². The number of para-hydroxylation sites is 2. The maximum Gasteiger partial charge on any atom is 0.232 e. The molecule has 0 saturated heterocycles. The number of aliphatic hydroxyl groups excluding tert-OH is 1. The van der Waals surface area contributed by atoms with Gasteiger partial charge in [-0.25, -0.2) is 9.97 Å². The molecular formula is C23H31N5O3. The van der Waals surface area contributed by atoms with Crippen molar-refractivity contribution in [1.29, 1.82) is 0 Å². The number of aryl methyl sites for hydroxylation is 1. The van der Waals surface area contributed by atoms with E-state index < -0.39 is 0 Å². The van der Waals surface area contributed by atoms with Crippen LogP contribution in [0.5, 0.6) is 0 Å². The highest BCUT2D eigenvalue weighted by atomic mass is 16.5. The fraction of sp³-hybridized carbons (Fsp3) is 0.522. The smallest absolute Gasteiger partial charge is 0.232 e. The number of aromatic nitrogens is 3. The molecule has 2 heterocycles. The molecule has 31 heavy (non-hydrogen) atoms. The minimum Gasteiger partial charge on any atom is -0.436 e. The number of nitrogens with zero attached hydrogens (tertiary/aromatic N) is 3. The molecule has 1 aliphatic rings. The van der Waals surface area contributed by atoms with Crippen molar-refractivity contribution >= 4 is 22.9 Å². The van der Waals surface area contributed by atoms with Crippen molar-refractivity contribution in [3.63, 3.8) is 0 Å². The Balaban J connectivity index is 1.68. The quantitative estimate of drug-likeness (QED) is 0.444. The maximum absolute atomic E-state index is 9.61. The zero-order valence-corrected chi connectivity index (χ0v) is 18.4. The molecule has 8 nitrogen and oxygen atoms in total. The lowest BCUT2D eigenvalue weighted by molar-refractivity contribution is 0.158. The van der Waals surface area contributed by atoms with Crippen LogP contribution in [0.3, 0.4) is 0 Å². The predicted octanol–water partition coefficient (Wildman–Crippen LogP) is 3.86. The fourth-order valence-electron chi connectivity index (χ4n) is 4.27. The topological polar surface area (TPSA) is 105 Å². The van der Waals surface area contributed by atoms with Crippen LogP contribution >= 0.6 is 0 Å². The molecule has 166 valence electrons. The lowest BCUT2D eigenvalue weighted by atomic mass is 10.1. The minimum atomic E-state index is 0.214. The Labute approximate surface area is 182 Å². The number of hydrogen-bond acceptors (Lipinski definition) is 8. The zero-order valence-electron chi connectivity index (χ0n) is 18.4. The first-order valence-corrected chi connectivity index (χ1v) is 11.0. The molecule has 4 rings (SSSR count). The standard InChI is InChI=1S/C23H31N5O3/c1-4-30-10-9-24-23-25-15(3)20(22-27-17-7-5-6-8-19(17)31-22)21(28-23)26-18-12-16(13-29)11-14(18)2/h5-8,14,16,18,29H,4,9-13H2,1-3H3,(H2,24,25,26,28)/t14-,16-,18-/m1/s1. The first-order chi connectivity index (χ1) is 15.1. The molecule has 3 N–H and O–H groups in total. The van der Waals surface area contributed by atoms with E-state index in [1.54, 1.807) is 0 Å². The van der Waals surface area contributed by atoms with Crippen molar-refractivity contribution in [1.82, 2.24) is 15.0 Å². The van der Waals surface area contributed by atoms with Crippen molar-refractivity contribution < 1.29 is 14.3 Å². The molecule has 8 heteroatoms. The molecule has 1 aliphatic carbocycles. The summed E-state index contributed by atoms with van der Waals surface area (Å²) in [5, 5.41) is 16.5. The summed E-state index contributed by atoms with van der Waals surface area (Å²) in [7, 11) is 0. The van der Waals surface area contributed by atoms with E-state index >= 15 is 0 Å². The third-order valence-electron chi connectivity index (χ3n) is 5.89. The molecule has 0 spiro atoms. The molecule has 1 fully saturated rings. The Bertz CT molecular complexity index is 989. The number of ether oxygens (including phenoxy) is 1. The molecule has 0 aliphatic heterocycles. The van der Waals surface area contributed by atoms with Gasteiger partial charge in [0.1, 0.15) is 16.9 Å². The second-order valence-corrected chi connectivity index (χ2v) is 8.21. The monoisotopic (exact) mass is 425 g/mol. The van der Waals surface area contributed by atoms with Gasteiger partial charge in [0.2, 0.25) is 11.8 Å². The molecular weight excluding hydrogens is 394 g/mol. The van der Waals surface area contributed by atoms with Crippen LogP contribution in [0, 0.1) is 18.8 Å². The number of rotatable bonds is 9. The highest BCUT2D eigenvalue weighted by Crippen LogP contribution is 2.37. The summed E-state index contributed by atoms with van der Waals surface area (Å²) >= 11 is 0. The van der Waals surface area contributed by atoms with E-state index in [1.807, 2.05) is 38.1 Å². The lowest BCUT2D eigenvalue weighted by Crippen LogP contribution is -2.24. The summed E-state index contributed by atoms with van der Waals surface area (Å²) in [5.41, 5.74) is 3.09. The average Bonchev–Trinajstić information content (AvgIpc) is 3.34. The van der Waals surface area contributed by atoms with E-state index in [4.69, 9.17) is 14.1 Å². The highest BCUT2D eigenvalue weighted by molar-refractivity contribution is 5.80. The number of fused-ring (bicyclic) bond motifs is 1. The van der Waals surface area contributed by atoms with Gasteiger partial charge in [0, 0.05) is 25.8 Å². The van der Waals surface area contributed by atoms with Crippen molar-refractivity contribution in [3.8, 4) is 11.5 Å². The molecule has 1 saturated carbocycles. The average molecular weight is 426 g/mol. The van der Waals surface area contributed by atoms with Gasteiger partial charge in [-0.15, -0.1) is 0 Å². The van der Waals surface area contributed by atoms with Crippen LogP contribution in [0.15, 0.2) is 28.7 Å². The Morgan fingerprint density at radius 1 is 1.19 bits per heavy atom. The van der Waals surface area contributed by atoms with E-state index in [1.165, 1.54) is 0 Å². The number of benzene rings is 1.